The number of esters is 1. The van der Waals surface area contributed by atoms with Crippen molar-refractivity contribution in [1.29, 1.82) is 0 Å². The quantitative estimate of drug-likeness (QED) is 0.202. The van der Waals surface area contributed by atoms with Gasteiger partial charge in [0.1, 0.15) is 18.5 Å². The summed E-state index contributed by atoms with van der Waals surface area (Å²) in [6.45, 7) is 3.27. The highest BCUT2D eigenvalue weighted by Crippen LogP contribution is 2.36. The van der Waals surface area contributed by atoms with Crippen LogP contribution in [0.1, 0.15) is 19.4 Å². The summed E-state index contributed by atoms with van der Waals surface area (Å²) in [5, 5.41) is 3.03. The number of para-hydroxylation sites is 1. The van der Waals surface area contributed by atoms with E-state index in [1.807, 2.05) is 0 Å². The first-order chi connectivity index (χ1) is 16.1. The van der Waals surface area contributed by atoms with Crippen molar-refractivity contribution >= 4 is 34.6 Å². The molecule has 3 aromatic carbocycles. The van der Waals surface area contributed by atoms with Crippen LogP contribution < -0.4 is 10.2 Å². The Morgan fingerprint density at radius 2 is 1.68 bits per heavy atom. The van der Waals surface area contributed by atoms with Crippen LogP contribution in [0.2, 0.25) is 5.02 Å². The molecule has 0 amide bonds. The highest BCUT2D eigenvalue weighted by Gasteiger charge is 2.38. The molecule has 3 aromatic rings. The predicted molar refractivity (Wildman–Crippen MR) is 125 cm³/mol. The third-order valence-electron chi connectivity index (χ3n) is 4.98. The molecule has 1 atom stereocenters. The summed E-state index contributed by atoms with van der Waals surface area (Å²) in [6.07, 6.45) is -4.66. The molecule has 9 heteroatoms. The fourth-order valence-electron chi connectivity index (χ4n) is 3.32. The van der Waals surface area contributed by atoms with E-state index in [1.165, 1.54) is 54.6 Å². The third kappa shape index (κ3) is 6.41. The smallest absolute Gasteiger partial charge is 0.459 e. The highest BCUT2D eigenvalue weighted by molar-refractivity contribution is 6.30. The van der Waals surface area contributed by atoms with Crippen LogP contribution >= 0.6 is 11.6 Å². The van der Waals surface area contributed by atoms with Gasteiger partial charge in [-0.1, -0.05) is 55.8 Å². The van der Waals surface area contributed by atoms with Crippen molar-refractivity contribution in [2.75, 3.05) is 10.2 Å². The summed E-state index contributed by atoms with van der Waals surface area (Å²) < 4.78 is 60.9. The molecule has 180 valence electrons. The zero-order chi connectivity index (χ0) is 24.9. The van der Waals surface area contributed by atoms with Crippen molar-refractivity contribution in [3.05, 3.63) is 89.2 Å². The maximum atomic E-state index is 14.1. The molecule has 0 aliphatic rings. The molecule has 4 nitrogen and oxygen atoms in total. The van der Waals surface area contributed by atoms with Crippen molar-refractivity contribution in [2.24, 2.45) is 5.92 Å². The molecule has 0 fully saturated rings. The minimum absolute atomic E-state index is 0.0433. The van der Waals surface area contributed by atoms with Gasteiger partial charge in [0.25, 0.3) is 0 Å². The molecule has 0 heterocycles. The molecule has 0 bridgehead atoms. The van der Waals surface area contributed by atoms with Crippen molar-refractivity contribution in [1.82, 2.24) is 0 Å². The monoisotopic (exact) mass is 494 g/mol. The number of rotatable bonds is 8. The van der Waals surface area contributed by atoms with Crippen LogP contribution in [0.25, 0.3) is 0 Å². The van der Waals surface area contributed by atoms with E-state index in [4.69, 9.17) is 16.3 Å². The first-order valence-electron chi connectivity index (χ1n) is 10.5. The minimum Gasteiger partial charge on any atom is -0.459 e. The minimum atomic E-state index is -4.66. The molecule has 0 saturated carbocycles. The number of carbonyl (C=O) groups excluding carboxylic acids is 1. The van der Waals surface area contributed by atoms with Gasteiger partial charge in [0.15, 0.2) is 0 Å². The second kappa shape index (κ2) is 10.8. The predicted octanol–water partition coefficient (Wildman–Crippen LogP) is 7.32. The Morgan fingerprint density at radius 3 is 2.29 bits per heavy atom. The molecule has 0 aromatic heterocycles. The summed E-state index contributed by atoms with van der Waals surface area (Å²) in [4.78, 5) is 13.0. The van der Waals surface area contributed by atoms with E-state index >= 15 is 0 Å². The average molecular weight is 495 g/mol. The Hall–Kier alpha value is -3.26. The van der Waals surface area contributed by atoms with Crippen LogP contribution in [0.15, 0.2) is 72.8 Å². The van der Waals surface area contributed by atoms with Gasteiger partial charge in [-0.15, -0.1) is 13.2 Å². The molecule has 0 spiro atoms. The number of ether oxygens (including phenoxy) is 1. The molecule has 3 rings (SSSR count). The van der Waals surface area contributed by atoms with Gasteiger partial charge in [-0.05, 0) is 53.9 Å². The molecule has 0 saturated heterocycles. The maximum Gasteiger partial charge on any atom is 0.489 e. The largest absolute Gasteiger partial charge is 0.489 e. The van der Waals surface area contributed by atoms with Crippen LogP contribution in [-0.2, 0) is 16.1 Å². The number of hydrogen-bond acceptors (Lipinski definition) is 4. The zero-order valence-corrected chi connectivity index (χ0v) is 19.2. The number of carbonyl (C=O) groups is 1. The van der Waals surface area contributed by atoms with Crippen LogP contribution in [-0.4, -0.2) is 18.3 Å². The molecule has 0 radical (unpaired) electrons. The number of nitrogens with zero attached hydrogens (tertiary/aromatic N) is 1. The van der Waals surface area contributed by atoms with Gasteiger partial charge in [0, 0.05) is 16.4 Å². The Morgan fingerprint density at radius 1 is 1.00 bits per heavy atom. The summed E-state index contributed by atoms with van der Waals surface area (Å²) in [5.74, 6) is -1.54. The number of nitrogens with one attached hydrogen (secondary N) is 1. The van der Waals surface area contributed by atoms with E-state index in [-0.39, 0.29) is 39.5 Å². The van der Waals surface area contributed by atoms with E-state index in [9.17, 15) is 22.4 Å². The summed E-state index contributed by atoms with van der Waals surface area (Å²) in [5.41, 5.74) is 0.300. The van der Waals surface area contributed by atoms with Crippen LogP contribution in [0.5, 0.6) is 0 Å². The fraction of sp³-hybridized carbons (Fsp3) is 0.240. The summed E-state index contributed by atoms with van der Waals surface area (Å²) in [7, 11) is 0. The van der Waals surface area contributed by atoms with E-state index in [0.717, 1.165) is 6.07 Å². The van der Waals surface area contributed by atoms with E-state index in [1.54, 1.807) is 26.0 Å². The molecule has 1 N–H and O–H groups in total. The summed E-state index contributed by atoms with van der Waals surface area (Å²) >= 11 is 5.77. The first-order valence-corrected chi connectivity index (χ1v) is 10.8. The Labute approximate surface area is 200 Å². The number of benzene rings is 3. The Kier molecular flexibility index (Phi) is 8.04. The normalized spacial score (nSPS) is 12.4. The fourth-order valence-corrected chi connectivity index (χ4v) is 3.48. The van der Waals surface area contributed by atoms with Crippen LogP contribution in [0.4, 0.5) is 34.6 Å². The van der Waals surface area contributed by atoms with Crippen LogP contribution in [0.3, 0.4) is 0 Å². The highest BCUT2D eigenvalue weighted by atomic mass is 35.5. The number of anilines is 3. The molecular weight excluding hydrogens is 472 g/mol. The standard InChI is InChI=1S/C25H23ClF4N2O2/c1-16(2)23(31-22-12-11-18(26)14-21(22)27)24(33)34-15-17-7-6-10-20(13-17)32(25(28,29)30)19-8-4-3-5-9-19/h3-14,16,23,31H,15H2,1-2H3. The van der Waals surface area contributed by atoms with Gasteiger partial charge in [-0.3, -0.25) is 4.90 Å². The average Bonchev–Trinajstić information content (AvgIpc) is 2.77. The maximum absolute atomic E-state index is 14.1. The third-order valence-corrected chi connectivity index (χ3v) is 5.22. The van der Waals surface area contributed by atoms with Crippen molar-refractivity contribution < 1.29 is 27.1 Å². The number of alkyl halides is 3. The zero-order valence-electron chi connectivity index (χ0n) is 18.4. The molecular formula is C25H23ClF4N2O2. The first kappa shape index (κ1) is 25.4. The van der Waals surface area contributed by atoms with Crippen molar-refractivity contribution in [3.63, 3.8) is 0 Å². The van der Waals surface area contributed by atoms with Crippen molar-refractivity contribution in [2.45, 2.75) is 32.8 Å². The molecule has 0 aliphatic heterocycles. The lowest BCUT2D eigenvalue weighted by Crippen LogP contribution is -2.36. The second-order valence-corrected chi connectivity index (χ2v) is 8.34. The molecule has 1 unspecified atom stereocenters. The molecule has 34 heavy (non-hydrogen) atoms. The van der Waals surface area contributed by atoms with Gasteiger partial charge in [-0.25, -0.2) is 9.18 Å². The van der Waals surface area contributed by atoms with E-state index in [0.29, 0.717) is 5.56 Å². The lowest BCUT2D eigenvalue weighted by Gasteiger charge is -2.27. The topological polar surface area (TPSA) is 41.6 Å². The second-order valence-electron chi connectivity index (χ2n) is 7.91. The Balaban J connectivity index is 1.75. The number of halogens is 5. The lowest BCUT2D eigenvalue weighted by molar-refractivity contribution is -0.147. The van der Waals surface area contributed by atoms with E-state index in [2.05, 4.69) is 5.32 Å². The Bertz CT molecular complexity index is 1120. The van der Waals surface area contributed by atoms with Crippen LogP contribution in [0, 0.1) is 11.7 Å². The van der Waals surface area contributed by atoms with Gasteiger partial charge >= 0.3 is 12.3 Å². The summed E-state index contributed by atoms with van der Waals surface area (Å²) in [6, 6.07) is 16.2. The SMILES string of the molecule is CC(C)C(Nc1ccc(Cl)cc1F)C(=O)OCc1cccc(N(c2ccccc2)C(F)(F)F)c1. The van der Waals surface area contributed by atoms with E-state index < -0.39 is 24.1 Å². The van der Waals surface area contributed by atoms with Gasteiger partial charge < -0.3 is 10.1 Å². The molecule has 0 aliphatic carbocycles. The number of hydrogen-bond donors (Lipinski definition) is 1. The van der Waals surface area contributed by atoms with Gasteiger partial charge in [0.2, 0.25) is 0 Å². The van der Waals surface area contributed by atoms with Gasteiger partial charge in [0.05, 0.1) is 5.69 Å². The van der Waals surface area contributed by atoms with Crippen molar-refractivity contribution in [3.8, 4) is 0 Å². The van der Waals surface area contributed by atoms with Gasteiger partial charge in [-0.2, -0.15) is 0 Å². The lowest BCUT2D eigenvalue weighted by atomic mass is 10.0.